The number of para-hydroxylation sites is 1. The minimum atomic E-state index is -0.417. The van der Waals surface area contributed by atoms with Crippen LogP contribution in [-0.2, 0) is 11.3 Å². The molecule has 6 nitrogen and oxygen atoms in total. The van der Waals surface area contributed by atoms with Crippen LogP contribution in [0.2, 0.25) is 5.02 Å². The van der Waals surface area contributed by atoms with Crippen molar-refractivity contribution >= 4 is 39.9 Å². The average molecular weight is 425 g/mol. The second-order valence-corrected chi connectivity index (χ2v) is 8.41. The maximum Gasteiger partial charge on any atom is 0.350 e. The lowest BCUT2D eigenvalue weighted by Crippen LogP contribution is -2.37. The number of benzene rings is 2. The maximum atomic E-state index is 12.9. The Balaban J connectivity index is 1.64. The van der Waals surface area contributed by atoms with E-state index in [-0.39, 0.29) is 12.5 Å². The zero-order chi connectivity index (χ0) is 21.3. The molecule has 0 unspecified atom stereocenters. The summed E-state index contributed by atoms with van der Waals surface area (Å²) in [6, 6.07) is 13.0. The lowest BCUT2D eigenvalue weighted by Gasteiger charge is -2.32. The summed E-state index contributed by atoms with van der Waals surface area (Å²) in [4.78, 5) is 32.1. The number of carbonyl (C=O) groups excluding carboxylic acids is 1. The fourth-order valence-corrected chi connectivity index (χ4v) is 4.02. The summed E-state index contributed by atoms with van der Waals surface area (Å²) in [7, 11) is 0. The van der Waals surface area contributed by atoms with Gasteiger partial charge in [0.2, 0.25) is 5.91 Å². The third kappa shape index (κ3) is 4.19. The second-order valence-electron chi connectivity index (χ2n) is 8.00. The van der Waals surface area contributed by atoms with Crippen LogP contribution < -0.4 is 15.9 Å². The van der Waals surface area contributed by atoms with Gasteiger partial charge < -0.3 is 10.2 Å². The molecule has 1 aromatic heterocycles. The third-order valence-electron chi connectivity index (χ3n) is 5.71. The first-order chi connectivity index (χ1) is 14.4. The quantitative estimate of drug-likeness (QED) is 0.680. The van der Waals surface area contributed by atoms with E-state index in [1.54, 1.807) is 12.1 Å². The van der Waals surface area contributed by atoms with E-state index in [2.05, 4.69) is 22.1 Å². The van der Waals surface area contributed by atoms with Crippen LogP contribution in [0.25, 0.3) is 10.9 Å². The summed E-state index contributed by atoms with van der Waals surface area (Å²) in [5.74, 6) is 1.10. The Hall–Kier alpha value is -2.86. The van der Waals surface area contributed by atoms with Crippen LogP contribution >= 0.6 is 11.6 Å². The minimum Gasteiger partial charge on any atom is -0.356 e. The van der Waals surface area contributed by atoms with Crippen LogP contribution in [0.1, 0.15) is 25.3 Å². The molecule has 1 aliphatic heterocycles. The zero-order valence-corrected chi connectivity index (χ0v) is 17.9. The van der Waals surface area contributed by atoms with E-state index in [1.807, 2.05) is 37.3 Å². The molecule has 7 heteroatoms. The van der Waals surface area contributed by atoms with E-state index in [1.165, 1.54) is 4.57 Å². The van der Waals surface area contributed by atoms with Gasteiger partial charge in [0.15, 0.2) is 0 Å². The zero-order valence-electron chi connectivity index (χ0n) is 17.2. The number of aromatic nitrogens is 2. The molecule has 0 aliphatic carbocycles. The normalized spacial score (nSPS) is 14.8. The Morgan fingerprint density at radius 3 is 2.67 bits per heavy atom. The lowest BCUT2D eigenvalue weighted by molar-refractivity contribution is -0.116. The van der Waals surface area contributed by atoms with Crippen LogP contribution in [0.3, 0.4) is 0 Å². The number of piperidine rings is 1. The van der Waals surface area contributed by atoms with Crippen molar-refractivity contribution in [1.82, 2.24) is 9.55 Å². The van der Waals surface area contributed by atoms with Gasteiger partial charge in [-0.05, 0) is 55.5 Å². The topological polar surface area (TPSA) is 67.2 Å². The molecule has 0 atom stereocenters. The van der Waals surface area contributed by atoms with Gasteiger partial charge in [-0.15, -0.1) is 0 Å². The minimum absolute atomic E-state index is 0.116. The number of halogens is 1. The molecule has 2 heterocycles. The first kappa shape index (κ1) is 20.4. The van der Waals surface area contributed by atoms with Gasteiger partial charge >= 0.3 is 5.69 Å². The highest BCUT2D eigenvalue weighted by atomic mass is 35.5. The van der Waals surface area contributed by atoms with Gasteiger partial charge in [0.05, 0.1) is 5.52 Å². The Morgan fingerprint density at radius 1 is 1.20 bits per heavy atom. The number of amides is 1. The molecule has 1 fully saturated rings. The SMILES string of the molecule is Cc1ccc(NC(=O)Cn2c(=O)nc(N3CCC(C)CC3)c3ccccc32)cc1Cl. The van der Waals surface area contributed by atoms with Gasteiger partial charge in [-0.3, -0.25) is 9.36 Å². The van der Waals surface area contributed by atoms with Crippen molar-refractivity contribution < 1.29 is 4.79 Å². The smallest absolute Gasteiger partial charge is 0.350 e. The maximum absolute atomic E-state index is 12.9. The van der Waals surface area contributed by atoms with Gasteiger partial charge in [-0.1, -0.05) is 36.7 Å². The Morgan fingerprint density at radius 2 is 1.93 bits per heavy atom. The van der Waals surface area contributed by atoms with Gasteiger partial charge in [-0.25, -0.2) is 4.79 Å². The van der Waals surface area contributed by atoms with Crippen molar-refractivity contribution in [3.63, 3.8) is 0 Å². The van der Waals surface area contributed by atoms with Gasteiger partial charge in [0, 0.05) is 29.2 Å². The Kier molecular flexibility index (Phi) is 5.77. The van der Waals surface area contributed by atoms with Gasteiger partial charge in [0.1, 0.15) is 12.4 Å². The van der Waals surface area contributed by atoms with E-state index in [9.17, 15) is 9.59 Å². The molecule has 0 bridgehead atoms. The van der Waals surface area contributed by atoms with Gasteiger partial charge in [-0.2, -0.15) is 4.98 Å². The van der Waals surface area contributed by atoms with Crippen molar-refractivity contribution in [2.24, 2.45) is 5.92 Å². The van der Waals surface area contributed by atoms with E-state index in [4.69, 9.17) is 11.6 Å². The van der Waals surface area contributed by atoms with Crippen LogP contribution in [-0.4, -0.2) is 28.5 Å². The van der Waals surface area contributed by atoms with E-state index in [0.29, 0.717) is 28.0 Å². The number of aryl methyl sites for hydroxylation is 1. The molecular formula is C23H25ClN4O2. The molecule has 1 saturated heterocycles. The summed E-state index contributed by atoms with van der Waals surface area (Å²) in [5, 5.41) is 4.28. The predicted molar refractivity (Wildman–Crippen MR) is 121 cm³/mol. The molecule has 0 saturated carbocycles. The van der Waals surface area contributed by atoms with Crippen LogP contribution in [0.4, 0.5) is 11.5 Å². The van der Waals surface area contributed by atoms with Crippen LogP contribution in [0.15, 0.2) is 47.3 Å². The number of hydrogen-bond acceptors (Lipinski definition) is 4. The summed E-state index contributed by atoms with van der Waals surface area (Å²) in [6.07, 6.45) is 2.17. The lowest BCUT2D eigenvalue weighted by atomic mass is 9.99. The monoisotopic (exact) mass is 424 g/mol. The second kappa shape index (κ2) is 8.48. The molecule has 1 N–H and O–H groups in total. The van der Waals surface area contributed by atoms with Crippen molar-refractivity contribution in [3.05, 3.63) is 63.5 Å². The Bertz CT molecular complexity index is 1150. The van der Waals surface area contributed by atoms with Gasteiger partial charge in [0.25, 0.3) is 0 Å². The summed E-state index contributed by atoms with van der Waals surface area (Å²) in [6.45, 7) is 5.80. The Labute approximate surface area is 180 Å². The number of rotatable bonds is 4. The molecule has 1 aliphatic rings. The van der Waals surface area contributed by atoms with Crippen LogP contribution in [0, 0.1) is 12.8 Å². The number of hydrogen-bond donors (Lipinski definition) is 1. The molecule has 30 heavy (non-hydrogen) atoms. The number of nitrogens with one attached hydrogen (secondary N) is 1. The van der Waals surface area contributed by atoms with E-state index >= 15 is 0 Å². The largest absolute Gasteiger partial charge is 0.356 e. The summed E-state index contributed by atoms with van der Waals surface area (Å²) >= 11 is 6.14. The highest BCUT2D eigenvalue weighted by molar-refractivity contribution is 6.31. The van der Waals surface area contributed by atoms with Crippen molar-refractivity contribution in [3.8, 4) is 0 Å². The summed E-state index contributed by atoms with van der Waals surface area (Å²) < 4.78 is 1.43. The first-order valence-corrected chi connectivity index (χ1v) is 10.6. The van der Waals surface area contributed by atoms with Crippen molar-refractivity contribution in [1.29, 1.82) is 0 Å². The van der Waals surface area contributed by atoms with Crippen molar-refractivity contribution in [2.45, 2.75) is 33.2 Å². The third-order valence-corrected chi connectivity index (χ3v) is 6.12. The molecule has 0 radical (unpaired) electrons. The fraction of sp³-hybridized carbons (Fsp3) is 0.348. The molecule has 4 rings (SSSR count). The van der Waals surface area contributed by atoms with E-state index < -0.39 is 5.69 Å². The molecule has 1 amide bonds. The highest BCUT2D eigenvalue weighted by Gasteiger charge is 2.21. The summed E-state index contributed by atoms with van der Waals surface area (Å²) in [5.41, 5.74) is 1.83. The molecule has 2 aromatic carbocycles. The molecule has 0 spiro atoms. The first-order valence-electron chi connectivity index (χ1n) is 10.2. The fourth-order valence-electron chi connectivity index (χ4n) is 3.84. The molecule has 156 valence electrons. The standard InChI is InChI=1S/C23H25ClN4O2/c1-15-9-11-27(12-10-15)22-18-5-3-4-6-20(18)28(23(30)26-22)14-21(29)25-17-8-7-16(2)19(24)13-17/h3-8,13,15H,9-12,14H2,1-2H3,(H,25,29). The molecule has 3 aromatic rings. The highest BCUT2D eigenvalue weighted by Crippen LogP contribution is 2.27. The number of anilines is 2. The van der Waals surface area contributed by atoms with E-state index in [0.717, 1.165) is 36.9 Å². The number of nitrogens with zero attached hydrogens (tertiary/aromatic N) is 3. The van der Waals surface area contributed by atoms with Crippen molar-refractivity contribution in [2.75, 3.05) is 23.3 Å². The number of carbonyl (C=O) groups is 1. The predicted octanol–water partition coefficient (Wildman–Crippen LogP) is 4.23. The molecular weight excluding hydrogens is 400 g/mol. The van der Waals surface area contributed by atoms with Crippen LogP contribution in [0.5, 0.6) is 0 Å². The average Bonchev–Trinajstić information content (AvgIpc) is 2.73. The number of fused-ring (bicyclic) bond motifs is 1.